The summed E-state index contributed by atoms with van der Waals surface area (Å²) in [6, 6.07) is 0. The smallest absolute Gasteiger partial charge is 0.330 e. The van der Waals surface area contributed by atoms with Gasteiger partial charge < -0.3 is 40.9 Å². The van der Waals surface area contributed by atoms with E-state index < -0.39 is 55.7 Å². The van der Waals surface area contributed by atoms with E-state index in [0.29, 0.717) is 33.5 Å². The van der Waals surface area contributed by atoms with Crippen molar-refractivity contribution in [2.45, 2.75) is 119 Å². The van der Waals surface area contributed by atoms with E-state index in [0.717, 1.165) is 38.5 Å². The van der Waals surface area contributed by atoms with Crippen molar-refractivity contribution in [1.29, 1.82) is 0 Å². The van der Waals surface area contributed by atoms with E-state index in [4.69, 9.17) is 30.6 Å². The zero-order valence-corrected chi connectivity index (χ0v) is 31.6. The molecule has 0 aromatic heterocycles. The number of carbonyl (C=O) groups is 4. The lowest BCUT2D eigenvalue weighted by Crippen LogP contribution is -2.57. The maximum atomic E-state index is 11.5. The molecule has 0 aromatic rings. The van der Waals surface area contributed by atoms with Gasteiger partial charge in [0.05, 0.1) is 42.7 Å². The highest BCUT2D eigenvalue weighted by atomic mass is 16.4. The molecule has 8 aliphatic carbocycles. The van der Waals surface area contributed by atoms with Crippen LogP contribution >= 0.6 is 0 Å². The van der Waals surface area contributed by atoms with Gasteiger partial charge in [0.25, 0.3) is 0 Å². The molecule has 4 atom stereocenters. The molecule has 8 N–H and O–H groups in total. The number of aliphatic carboxylic acids is 4. The highest BCUT2D eigenvalue weighted by molar-refractivity contribution is 5.85. The molecule has 0 aromatic carbocycles. The fourth-order valence-electron chi connectivity index (χ4n) is 11.7. The lowest BCUT2D eigenvalue weighted by molar-refractivity contribution is -0.185. The van der Waals surface area contributed by atoms with Gasteiger partial charge in [-0.1, -0.05) is 40.9 Å². The number of carboxylic acid groups (broad SMARTS) is 4. The lowest BCUT2D eigenvalue weighted by atomic mass is 9.40. The van der Waals surface area contributed by atoms with Crippen molar-refractivity contribution >= 4 is 23.9 Å². The Bertz CT molecular complexity index is 1160. The van der Waals surface area contributed by atoms with Gasteiger partial charge in [-0.15, -0.1) is 0 Å². The molecule has 12 heteroatoms. The minimum absolute atomic E-state index is 0.176. The summed E-state index contributed by atoms with van der Waals surface area (Å²) < 4.78 is 0. The number of rotatable bonds is 8. The molecule has 4 unspecified atom stereocenters. The molecule has 0 amide bonds. The minimum atomic E-state index is -1.11. The van der Waals surface area contributed by atoms with Crippen molar-refractivity contribution in [3.05, 3.63) is 24.3 Å². The highest BCUT2D eigenvalue weighted by Crippen LogP contribution is 2.70. The summed E-state index contributed by atoms with van der Waals surface area (Å²) >= 11 is 0. The monoisotopic (exact) mass is 724 g/mol. The second-order valence-corrected chi connectivity index (χ2v) is 18.7. The summed E-state index contributed by atoms with van der Waals surface area (Å²) in [5.74, 6) is -1.54. The molecule has 8 fully saturated rings. The quantitative estimate of drug-likeness (QED) is 0.148. The second kappa shape index (κ2) is 16.1. The van der Waals surface area contributed by atoms with Gasteiger partial charge >= 0.3 is 23.9 Å². The Morgan fingerprint density at radius 1 is 0.510 bits per heavy atom. The number of aliphatic hydroxyl groups is 4. The third-order valence-corrected chi connectivity index (χ3v) is 12.2. The van der Waals surface area contributed by atoms with Gasteiger partial charge in [0.15, 0.2) is 0 Å². The van der Waals surface area contributed by atoms with E-state index in [1.165, 1.54) is 52.4 Å². The Hall–Kier alpha value is -2.80. The van der Waals surface area contributed by atoms with Crippen molar-refractivity contribution < 1.29 is 60.0 Å². The summed E-state index contributed by atoms with van der Waals surface area (Å²) in [5.41, 5.74) is -0.172. The van der Waals surface area contributed by atoms with E-state index in [-0.39, 0.29) is 22.0 Å². The maximum absolute atomic E-state index is 11.5. The van der Waals surface area contributed by atoms with Crippen molar-refractivity contribution in [3.8, 4) is 0 Å². The van der Waals surface area contributed by atoms with E-state index >= 15 is 0 Å². The van der Waals surface area contributed by atoms with Crippen LogP contribution in [0.2, 0.25) is 0 Å². The van der Waals surface area contributed by atoms with Gasteiger partial charge in [-0.2, -0.15) is 0 Å². The number of hydrogen-bond donors (Lipinski definition) is 8. The second-order valence-electron chi connectivity index (χ2n) is 18.7. The Morgan fingerprint density at radius 3 is 0.843 bits per heavy atom. The molecule has 292 valence electrons. The standard InChI is InChI=1S/2C13H20O2.C5H12O4.2C4H6O2/c2*1-11-3-9-4-12(2,6-11)8-13(5-9,7-11)10(14)15;6-1-5(2-7,3-8)4-9;2*1-3(2)4(5)6/h2*9H,3-8H2,1-2H3,(H,14,15);6-9H,1-4H2;2*1H2,2H3,(H,5,6). The number of aliphatic hydroxyl groups excluding tert-OH is 4. The molecule has 8 saturated carbocycles. The molecule has 8 bridgehead atoms. The maximum Gasteiger partial charge on any atom is 0.330 e. The normalized spacial score (nSPS) is 37.5. The molecule has 0 radical (unpaired) electrons. The van der Waals surface area contributed by atoms with Crippen LogP contribution < -0.4 is 0 Å². The zero-order chi connectivity index (χ0) is 39.4. The van der Waals surface area contributed by atoms with Crippen LogP contribution in [0.5, 0.6) is 0 Å². The van der Waals surface area contributed by atoms with Crippen LogP contribution in [0.3, 0.4) is 0 Å². The van der Waals surface area contributed by atoms with Gasteiger partial charge in [-0.3, -0.25) is 9.59 Å². The van der Waals surface area contributed by atoms with E-state index in [1.807, 2.05) is 0 Å². The summed E-state index contributed by atoms with van der Waals surface area (Å²) in [7, 11) is 0. The molecular formula is C39H64O12. The van der Waals surface area contributed by atoms with Crippen LogP contribution in [0, 0.1) is 49.7 Å². The predicted octanol–water partition coefficient (Wildman–Crippen LogP) is 5.37. The first-order valence-corrected chi connectivity index (χ1v) is 17.9. The molecule has 0 aliphatic heterocycles. The van der Waals surface area contributed by atoms with Gasteiger partial charge in [0, 0.05) is 11.1 Å². The third kappa shape index (κ3) is 10.6. The van der Waals surface area contributed by atoms with Crippen LogP contribution in [0.4, 0.5) is 0 Å². The zero-order valence-electron chi connectivity index (χ0n) is 31.6. The summed E-state index contributed by atoms with van der Waals surface area (Å²) in [6.07, 6.45) is 13.2. The van der Waals surface area contributed by atoms with E-state index in [1.54, 1.807) is 0 Å². The Labute approximate surface area is 302 Å². The molecule has 8 rings (SSSR count). The van der Waals surface area contributed by atoms with Crippen molar-refractivity contribution in [1.82, 2.24) is 0 Å². The van der Waals surface area contributed by atoms with Gasteiger partial charge in [-0.05, 0) is 124 Å². The summed E-state index contributed by atoms with van der Waals surface area (Å²) in [4.78, 5) is 42.3. The first-order valence-electron chi connectivity index (χ1n) is 17.9. The Balaban J connectivity index is 0.000000235. The van der Waals surface area contributed by atoms with Crippen molar-refractivity contribution in [3.63, 3.8) is 0 Å². The SMILES string of the molecule is C=C(C)C(=O)O.C=C(C)C(=O)O.CC12CC3CC(C)(C1)CC(C(=O)O)(C3)C2.CC12CC3CC(C)(C1)CC(C(=O)O)(C3)C2.OCC(CO)(CO)CO. The molecule has 0 saturated heterocycles. The molecule has 51 heavy (non-hydrogen) atoms. The predicted molar refractivity (Wildman–Crippen MR) is 191 cm³/mol. The van der Waals surface area contributed by atoms with Crippen molar-refractivity contribution in [2.24, 2.45) is 49.7 Å². The summed E-state index contributed by atoms with van der Waals surface area (Å²) in [5, 5.41) is 68.8. The van der Waals surface area contributed by atoms with Crippen LogP contribution in [-0.2, 0) is 19.2 Å². The van der Waals surface area contributed by atoms with Gasteiger partial charge in [-0.25, -0.2) is 9.59 Å². The molecule has 0 heterocycles. The van der Waals surface area contributed by atoms with Gasteiger partial charge in [0.2, 0.25) is 0 Å². The van der Waals surface area contributed by atoms with Crippen molar-refractivity contribution in [2.75, 3.05) is 26.4 Å². The highest BCUT2D eigenvalue weighted by Gasteiger charge is 2.64. The average Bonchev–Trinajstić information content (AvgIpc) is 2.96. The average molecular weight is 725 g/mol. The largest absolute Gasteiger partial charge is 0.481 e. The van der Waals surface area contributed by atoms with Crippen LogP contribution in [0.15, 0.2) is 24.3 Å². The molecular weight excluding hydrogens is 660 g/mol. The first-order chi connectivity index (χ1) is 23.2. The third-order valence-electron chi connectivity index (χ3n) is 12.2. The van der Waals surface area contributed by atoms with Crippen LogP contribution in [-0.4, -0.2) is 91.2 Å². The van der Waals surface area contributed by atoms with E-state index in [9.17, 15) is 29.4 Å². The lowest BCUT2D eigenvalue weighted by Gasteiger charge is -2.63. The minimum Gasteiger partial charge on any atom is -0.481 e. The Kier molecular flexibility index (Phi) is 14.0. The van der Waals surface area contributed by atoms with Gasteiger partial charge in [0.1, 0.15) is 0 Å². The Morgan fingerprint density at radius 2 is 0.725 bits per heavy atom. The fourth-order valence-corrected chi connectivity index (χ4v) is 11.7. The van der Waals surface area contributed by atoms with Crippen LogP contribution in [0.25, 0.3) is 0 Å². The van der Waals surface area contributed by atoms with Crippen LogP contribution in [0.1, 0.15) is 119 Å². The molecule has 8 aliphatic rings. The summed E-state index contributed by atoms with van der Waals surface area (Å²) in [6.45, 7) is 16.8. The molecule has 0 spiro atoms. The first kappa shape index (κ1) is 44.4. The number of carboxylic acids is 4. The number of hydrogen-bond acceptors (Lipinski definition) is 8. The fraction of sp³-hybridized carbons (Fsp3) is 0.795. The molecule has 12 nitrogen and oxygen atoms in total. The van der Waals surface area contributed by atoms with E-state index in [2.05, 4.69) is 40.9 Å². The topological polar surface area (TPSA) is 230 Å².